The Kier molecular flexibility index (Phi) is 22.9. The quantitative estimate of drug-likeness (QED) is 0.115. The zero-order valence-electron chi connectivity index (χ0n) is 17.3. The molecular weight excluding hydrogens is 304 g/mol. The molecule has 148 valence electrons. The smallest absolute Gasteiger partial charge is 0.119 e. The highest BCUT2D eigenvalue weighted by Crippen LogP contribution is 2.12. The zero-order chi connectivity index (χ0) is 18.3. The van der Waals surface area contributed by atoms with Crippen LogP contribution in [0.2, 0.25) is 0 Å². The second kappa shape index (κ2) is 23.4. The summed E-state index contributed by atoms with van der Waals surface area (Å²) in [6.07, 6.45) is 32.5. The third-order valence-corrected chi connectivity index (χ3v) is 5.08. The van der Waals surface area contributed by atoms with Gasteiger partial charge >= 0.3 is 0 Å². The number of allylic oxidation sites excluding steroid dienone is 2. The van der Waals surface area contributed by atoms with Gasteiger partial charge in [-0.2, -0.15) is 0 Å². The van der Waals surface area contributed by atoms with Gasteiger partial charge in [0.15, 0.2) is 0 Å². The van der Waals surface area contributed by atoms with E-state index in [9.17, 15) is 4.79 Å². The molecule has 0 heterocycles. The molecule has 0 atom stereocenters. The molecule has 1 nitrogen and oxygen atoms in total. The molecule has 0 aliphatic carbocycles. The average Bonchev–Trinajstić information content (AvgIpc) is 2.63. The molecule has 0 aromatic carbocycles. The molecule has 0 N–H and O–H groups in total. The number of hydrogen-bond acceptors (Lipinski definition) is 1. The van der Waals surface area contributed by atoms with Gasteiger partial charge in [0.05, 0.1) is 0 Å². The van der Waals surface area contributed by atoms with Crippen molar-refractivity contribution in [3.8, 4) is 0 Å². The van der Waals surface area contributed by atoms with Crippen molar-refractivity contribution in [1.29, 1.82) is 0 Å². The predicted octanol–water partition coefficient (Wildman–Crippen LogP) is 8.56. The fraction of sp³-hybridized carbons (Fsp3) is 0.875. The Morgan fingerprint density at radius 2 is 0.760 bits per heavy atom. The second-order valence-electron chi connectivity index (χ2n) is 7.66. The topological polar surface area (TPSA) is 17.1 Å². The average molecular weight is 351 g/mol. The predicted molar refractivity (Wildman–Crippen MR) is 113 cm³/mol. The van der Waals surface area contributed by atoms with E-state index in [1.807, 2.05) is 0 Å². The standard InChI is InChI=1S/C24H46O/c1-2-3-4-5-6-7-8-9-10-11-12-13-14-15-16-17-18-19-20-21-22-23-24-25/h13-14,24H,2-12,15-23H2,1H3/b14-13-. The van der Waals surface area contributed by atoms with Crippen LogP contribution >= 0.6 is 0 Å². The van der Waals surface area contributed by atoms with E-state index in [2.05, 4.69) is 19.1 Å². The molecule has 0 aliphatic heterocycles. The summed E-state index contributed by atoms with van der Waals surface area (Å²) in [6.45, 7) is 2.29. The first-order valence-corrected chi connectivity index (χ1v) is 11.5. The minimum atomic E-state index is 0.754. The van der Waals surface area contributed by atoms with Gasteiger partial charge in [0, 0.05) is 6.42 Å². The van der Waals surface area contributed by atoms with E-state index in [0.29, 0.717) is 0 Å². The van der Waals surface area contributed by atoms with E-state index in [-0.39, 0.29) is 0 Å². The van der Waals surface area contributed by atoms with Crippen LogP contribution in [0.5, 0.6) is 0 Å². The molecule has 0 aliphatic rings. The summed E-state index contributed by atoms with van der Waals surface area (Å²) in [7, 11) is 0. The lowest BCUT2D eigenvalue weighted by atomic mass is 10.1. The van der Waals surface area contributed by atoms with Crippen LogP contribution in [0.1, 0.15) is 135 Å². The van der Waals surface area contributed by atoms with Crippen LogP contribution in [0.4, 0.5) is 0 Å². The van der Waals surface area contributed by atoms with Crippen molar-refractivity contribution in [3.63, 3.8) is 0 Å². The maximum atomic E-state index is 10.2. The molecule has 0 amide bonds. The Labute approximate surface area is 159 Å². The molecule has 0 saturated carbocycles. The van der Waals surface area contributed by atoms with Gasteiger partial charge in [-0.1, -0.05) is 109 Å². The molecule has 0 spiro atoms. The van der Waals surface area contributed by atoms with Crippen molar-refractivity contribution >= 4 is 6.29 Å². The molecule has 0 aromatic heterocycles. The molecule has 0 aromatic rings. The summed E-state index contributed by atoms with van der Waals surface area (Å²) in [5, 5.41) is 0. The van der Waals surface area contributed by atoms with Crippen molar-refractivity contribution in [1.82, 2.24) is 0 Å². The van der Waals surface area contributed by atoms with Crippen LogP contribution in [0.15, 0.2) is 12.2 Å². The highest BCUT2D eigenvalue weighted by molar-refractivity contribution is 5.48. The normalized spacial score (nSPS) is 11.4. The summed E-state index contributed by atoms with van der Waals surface area (Å²) < 4.78 is 0. The molecule has 0 fully saturated rings. The van der Waals surface area contributed by atoms with E-state index in [1.54, 1.807) is 0 Å². The van der Waals surface area contributed by atoms with Crippen LogP contribution in [0, 0.1) is 0 Å². The lowest BCUT2D eigenvalue weighted by molar-refractivity contribution is -0.107. The Balaban J connectivity index is 3.05. The third kappa shape index (κ3) is 23.4. The lowest BCUT2D eigenvalue weighted by Crippen LogP contribution is -1.82. The van der Waals surface area contributed by atoms with E-state index in [1.165, 1.54) is 116 Å². The summed E-state index contributed by atoms with van der Waals surface area (Å²) in [5.74, 6) is 0. The number of aldehydes is 1. The summed E-state index contributed by atoms with van der Waals surface area (Å²) in [5.41, 5.74) is 0. The van der Waals surface area contributed by atoms with Gasteiger partial charge in [-0.3, -0.25) is 0 Å². The Morgan fingerprint density at radius 1 is 0.440 bits per heavy atom. The molecule has 1 heteroatoms. The first kappa shape index (κ1) is 24.4. The van der Waals surface area contributed by atoms with Gasteiger partial charge < -0.3 is 4.79 Å². The molecule has 0 saturated heterocycles. The Hall–Kier alpha value is -0.590. The van der Waals surface area contributed by atoms with E-state index in [0.717, 1.165) is 19.1 Å². The van der Waals surface area contributed by atoms with Crippen LogP contribution in [-0.4, -0.2) is 6.29 Å². The maximum absolute atomic E-state index is 10.2. The molecule has 25 heavy (non-hydrogen) atoms. The number of hydrogen-bond donors (Lipinski definition) is 0. The van der Waals surface area contributed by atoms with E-state index >= 15 is 0 Å². The number of rotatable bonds is 21. The summed E-state index contributed by atoms with van der Waals surface area (Å²) >= 11 is 0. The van der Waals surface area contributed by atoms with Crippen molar-refractivity contribution in [2.45, 2.75) is 135 Å². The number of carbonyl (C=O) groups excluding carboxylic acids is 1. The van der Waals surface area contributed by atoms with Crippen LogP contribution in [0.25, 0.3) is 0 Å². The zero-order valence-corrected chi connectivity index (χ0v) is 17.3. The first-order valence-electron chi connectivity index (χ1n) is 11.5. The Bertz CT molecular complexity index is 269. The second-order valence-corrected chi connectivity index (χ2v) is 7.66. The molecule has 0 rings (SSSR count). The van der Waals surface area contributed by atoms with Crippen molar-refractivity contribution in [2.75, 3.05) is 0 Å². The van der Waals surface area contributed by atoms with Crippen molar-refractivity contribution in [2.24, 2.45) is 0 Å². The molecule has 0 unspecified atom stereocenters. The number of unbranched alkanes of at least 4 members (excludes halogenated alkanes) is 18. The molecule has 0 radical (unpaired) electrons. The SMILES string of the molecule is CCCCCCCCCCCC/C=C\CCCCCCCCCC=O. The highest BCUT2D eigenvalue weighted by atomic mass is 16.1. The van der Waals surface area contributed by atoms with E-state index in [4.69, 9.17) is 0 Å². The minimum Gasteiger partial charge on any atom is -0.303 e. The minimum absolute atomic E-state index is 0.754. The third-order valence-electron chi connectivity index (χ3n) is 5.08. The summed E-state index contributed by atoms with van der Waals surface area (Å²) in [4.78, 5) is 10.2. The van der Waals surface area contributed by atoms with Crippen molar-refractivity contribution < 1.29 is 4.79 Å². The van der Waals surface area contributed by atoms with E-state index < -0.39 is 0 Å². The largest absolute Gasteiger partial charge is 0.303 e. The van der Waals surface area contributed by atoms with Gasteiger partial charge in [0.1, 0.15) is 6.29 Å². The number of carbonyl (C=O) groups is 1. The van der Waals surface area contributed by atoms with Crippen LogP contribution < -0.4 is 0 Å². The maximum Gasteiger partial charge on any atom is 0.119 e. The van der Waals surface area contributed by atoms with Gasteiger partial charge in [-0.05, 0) is 32.1 Å². The van der Waals surface area contributed by atoms with Crippen LogP contribution in [0.3, 0.4) is 0 Å². The van der Waals surface area contributed by atoms with Gasteiger partial charge in [-0.25, -0.2) is 0 Å². The highest BCUT2D eigenvalue weighted by Gasteiger charge is 1.93. The monoisotopic (exact) mass is 350 g/mol. The fourth-order valence-corrected chi connectivity index (χ4v) is 3.36. The molecular formula is C24H46O. The first-order chi connectivity index (χ1) is 12.4. The van der Waals surface area contributed by atoms with Gasteiger partial charge in [0.2, 0.25) is 0 Å². The van der Waals surface area contributed by atoms with Crippen LogP contribution in [-0.2, 0) is 4.79 Å². The van der Waals surface area contributed by atoms with Crippen molar-refractivity contribution in [3.05, 3.63) is 12.2 Å². The molecule has 0 bridgehead atoms. The summed E-state index contributed by atoms with van der Waals surface area (Å²) in [6, 6.07) is 0. The van der Waals surface area contributed by atoms with Gasteiger partial charge in [-0.15, -0.1) is 0 Å². The van der Waals surface area contributed by atoms with Gasteiger partial charge in [0.25, 0.3) is 0 Å². The Morgan fingerprint density at radius 3 is 1.12 bits per heavy atom. The lowest BCUT2D eigenvalue weighted by Gasteiger charge is -2.01. The fourth-order valence-electron chi connectivity index (χ4n) is 3.36.